The summed E-state index contributed by atoms with van der Waals surface area (Å²) in [6, 6.07) is 10.9. The molecule has 1 unspecified atom stereocenters. The maximum absolute atomic E-state index is 13.2. The minimum absolute atomic E-state index is 0.0915. The fraction of sp³-hybridized carbons (Fsp3) is 0.367. The number of piperidine rings is 1. The quantitative estimate of drug-likeness (QED) is 0.320. The molecule has 0 amide bonds. The van der Waals surface area contributed by atoms with E-state index >= 15 is 0 Å². The molecule has 0 radical (unpaired) electrons. The van der Waals surface area contributed by atoms with Crippen LogP contribution in [0.15, 0.2) is 53.2 Å². The first-order chi connectivity index (χ1) is 18.5. The van der Waals surface area contributed by atoms with Gasteiger partial charge in [0.2, 0.25) is 0 Å². The summed E-state index contributed by atoms with van der Waals surface area (Å²) in [6.07, 6.45) is 4.70. The normalized spacial score (nSPS) is 15.6. The van der Waals surface area contributed by atoms with Gasteiger partial charge in [0.25, 0.3) is 0 Å². The summed E-state index contributed by atoms with van der Waals surface area (Å²) in [6.45, 7) is 7.11. The van der Waals surface area contributed by atoms with Crippen LogP contribution < -0.4 is 0 Å². The van der Waals surface area contributed by atoms with Gasteiger partial charge in [0.05, 0.1) is 25.2 Å². The largest absolute Gasteiger partial charge is 0.507 e. The maximum Gasteiger partial charge on any atom is 0.342 e. The number of pyridine rings is 1. The predicted molar refractivity (Wildman–Crippen MR) is 143 cm³/mol. The van der Waals surface area contributed by atoms with Gasteiger partial charge in [-0.1, -0.05) is 24.3 Å². The van der Waals surface area contributed by atoms with Gasteiger partial charge >= 0.3 is 11.9 Å². The lowest BCUT2D eigenvalue weighted by Crippen LogP contribution is -2.39. The number of phenolic OH excluding ortho intramolecular Hbond substituents is 1. The molecular formula is C30H32N2O6. The second-order valence-electron chi connectivity index (χ2n) is 9.51. The molecule has 1 aliphatic rings. The van der Waals surface area contributed by atoms with Gasteiger partial charge < -0.3 is 19.0 Å². The molecule has 0 bridgehead atoms. The molecule has 8 heteroatoms. The zero-order chi connectivity index (χ0) is 26.8. The van der Waals surface area contributed by atoms with Gasteiger partial charge in [-0.05, 0) is 64.4 Å². The second-order valence-corrected chi connectivity index (χ2v) is 9.51. The molecule has 3 heterocycles. The van der Waals surface area contributed by atoms with Gasteiger partial charge in [-0.2, -0.15) is 0 Å². The van der Waals surface area contributed by atoms with Crippen molar-refractivity contribution in [3.63, 3.8) is 0 Å². The molecule has 2 aromatic heterocycles. The lowest BCUT2D eigenvalue weighted by Gasteiger charge is -2.38. The number of hydrogen-bond acceptors (Lipinski definition) is 8. The average molecular weight is 517 g/mol. The molecule has 0 saturated carbocycles. The number of fused-ring (bicyclic) bond motifs is 3. The molecule has 1 aliphatic heterocycles. The third-order valence-corrected chi connectivity index (χ3v) is 7.33. The Kier molecular flexibility index (Phi) is 7.33. The highest BCUT2D eigenvalue weighted by Gasteiger charge is 2.36. The number of phenols is 1. The first-order valence-electron chi connectivity index (χ1n) is 13.1. The van der Waals surface area contributed by atoms with E-state index in [4.69, 9.17) is 13.9 Å². The predicted octanol–water partition coefficient (Wildman–Crippen LogP) is 5.54. The number of carbonyl (C=O) groups is 2. The Morgan fingerprint density at radius 1 is 1.05 bits per heavy atom. The van der Waals surface area contributed by atoms with E-state index in [2.05, 4.69) is 9.88 Å². The zero-order valence-electron chi connectivity index (χ0n) is 21.9. The summed E-state index contributed by atoms with van der Waals surface area (Å²) in [4.78, 5) is 32.1. The van der Waals surface area contributed by atoms with Gasteiger partial charge in [0, 0.05) is 34.1 Å². The number of nitrogens with zero attached hydrogens (tertiary/aromatic N) is 2. The molecule has 1 fully saturated rings. The molecule has 0 aliphatic carbocycles. The lowest BCUT2D eigenvalue weighted by molar-refractivity contribution is -0.149. The molecule has 1 atom stereocenters. The number of hydrogen-bond donors (Lipinski definition) is 1. The molecule has 38 heavy (non-hydrogen) atoms. The monoisotopic (exact) mass is 516 g/mol. The zero-order valence-corrected chi connectivity index (χ0v) is 21.9. The van der Waals surface area contributed by atoms with E-state index in [1.807, 2.05) is 43.3 Å². The highest BCUT2D eigenvalue weighted by molar-refractivity contribution is 6.16. The molecule has 1 saturated heterocycles. The van der Waals surface area contributed by atoms with Crippen molar-refractivity contribution in [1.82, 2.24) is 9.88 Å². The van der Waals surface area contributed by atoms with E-state index < -0.39 is 12.0 Å². The van der Waals surface area contributed by atoms with Crippen molar-refractivity contribution in [1.29, 1.82) is 0 Å². The minimum Gasteiger partial charge on any atom is -0.507 e. The van der Waals surface area contributed by atoms with E-state index in [1.165, 1.54) is 0 Å². The van der Waals surface area contributed by atoms with E-state index in [0.717, 1.165) is 10.9 Å². The van der Waals surface area contributed by atoms with Crippen molar-refractivity contribution in [2.75, 3.05) is 26.3 Å². The summed E-state index contributed by atoms with van der Waals surface area (Å²) >= 11 is 0. The van der Waals surface area contributed by atoms with Crippen molar-refractivity contribution in [3.05, 3.63) is 71.2 Å². The molecule has 0 spiro atoms. The van der Waals surface area contributed by atoms with Crippen LogP contribution in [0.1, 0.15) is 60.0 Å². The lowest BCUT2D eigenvalue weighted by atomic mass is 9.87. The number of aromatic nitrogens is 1. The van der Waals surface area contributed by atoms with Crippen LogP contribution in [0.2, 0.25) is 0 Å². The van der Waals surface area contributed by atoms with E-state index in [9.17, 15) is 14.7 Å². The van der Waals surface area contributed by atoms with Crippen LogP contribution in [-0.4, -0.2) is 53.2 Å². The Morgan fingerprint density at radius 2 is 1.71 bits per heavy atom. The first-order valence-corrected chi connectivity index (χ1v) is 13.1. The number of furan rings is 1. The molecular weight excluding hydrogens is 484 g/mol. The molecule has 1 N–H and O–H groups in total. The fourth-order valence-corrected chi connectivity index (χ4v) is 5.62. The van der Waals surface area contributed by atoms with E-state index in [1.54, 1.807) is 26.2 Å². The minimum atomic E-state index is -0.492. The van der Waals surface area contributed by atoms with Crippen LogP contribution in [0.4, 0.5) is 0 Å². The number of ether oxygens (including phenoxy) is 2. The Labute approximate surface area is 221 Å². The summed E-state index contributed by atoms with van der Waals surface area (Å²) in [7, 11) is 0. The Balaban J connectivity index is 1.74. The fourth-order valence-electron chi connectivity index (χ4n) is 5.62. The maximum atomic E-state index is 13.2. The van der Waals surface area contributed by atoms with Gasteiger partial charge in [-0.25, -0.2) is 4.79 Å². The number of rotatable bonds is 7. The van der Waals surface area contributed by atoms with Crippen molar-refractivity contribution in [2.24, 2.45) is 5.92 Å². The molecule has 198 valence electrons. The summed E-state index contributed by atoms with van der Waals surface area (Å²) in [5.74, 6) is -0.299. The number of likely N-dealkylation sites (tertiary alicyclic amines) is 1. The van der Waals surface area contributed by atoms with Crippen molar-refractivity contribution in [2.45, 2.75) is 39.7 Å². The van der Waals surface area contributed by atoms with Gasteiger partial charge in [0.1, 0.15) is 22.7 Å². The van der Waals surface area contributed by atoms with E-state index in [-0.39, 0.29) is 24.2 Å². The van der Waals surface area contributed by atoms with Crippen LogP contribution >= 0.6 is 0 Å². The highest BCUT2D eigenvalue weighted by Crippen LogP contribution is 2.48. The Morgan fingerprint density at radius 3 is 2.37 bits per heavy atom. The van der Waals surface area contributed by atoms with Gasteiger partial charge in [-0.3, -0.25) is 14.7 Å². The number of aryl methyl sites for hydroxylation is 1. The topological polar surface area (TPSA) is 102 Å². The smallest absolute Gasteiger partial charge is 0.342 e. The highest BCUT2D eigenvalue weighted by atomic mass is 16.5. The third-order valence-electron chi connectivity index (χ3n) is 7.33. The third kappa shape index (κ3) is 4.49. The number of carbonyl (C=O) groups excluding carboxylic acids is 2. The number of esters is 2. The van der Waals surface area contributed by atoms with Crippen LogP contribution in [0, 0.1) is 12.8 Å². The second kappa shape index (κ2) is 10.8. The Hall–Kier alpha value is -3.91. The standard InChI is InChI=1S/C30H32N2O6/c1-4-36-29(34)20-12-16-32(17-13-20)26(19-10-14-31-15-11-19)25-24-23(30(35)37-5-2)18(3)38-28(24)22-9-7-6-8-21(22)27(25)33/h6-11,14-15,20,26,33H,4-5,12-13,16-17H2,1-3H3. The van der Waals surface area contributed by atoms with Crippen molar-refractivity contribution < 1.29 is 28.6 Å². The van der Waals surface area contributed by atoms with Crippen LogP contribution in [0.25, 0.3) is 21.7 Å². The molecule has 2 aromatic carbocycles. The van der Waals surface area contributed by atoms with Crippen LogP contribution in [0.5, 0.6) is 5.75 Å². The summed E-state index contributed by atoms with van der Waals surface area (Å²) < 4.78 is 16.9. The van der Waals surface area contributed by atoms with Crippen LogP contribution in [-0.2, 0) is 14.3 Å². The van der Waals surface area contributed by atoms with Crippen molar-refractivity contribution in [3.8, 4) is 5.75 Å². The first kappa shape index (κ1) is 25.7. The summed E-state index contributed by atoms with van der Waals surface area (Å²) in [5.41, 5.74) is 2.35. The molecule has 5 rings (SSSR count). The van der Waals surface area contributed by atoms with E-state index in [0.29, 0.717) is 65.8 Å². The number of benzene rings is 2. The van der Waals surface area contributed by atoms with Crippen molar-refractivity contribution >= 4 is 33.7 Å². The van der Waals surface area contributed by atoms with Crippen LogP contribution in [0.3, 0.4) is 0 Å². The molecule has 4 aromatic rings. The SMILES string of the molecule is CCOC(=O)c1c(C)oc2c1c(C(c1ccncc1)N1CCC(C(=O)OCC)CC1)c(O)c1ccccc12. The molecule has 8 nitrogen and oxygen atoms in total. The average Bonchev–Trinajstić information content (AvgIpc) is 3.29. The number of aromatic hydroxyl groups is 1. The Bertz CT molecular complexity index is 1470. The van der Waals surface area contributed by atoms with Gasteiger partial charge in [-0.15, -0.1) is 0 Å². The van der Waals surface area contributed by atoms with Gasteiger partial charge in [0.15, 0.2) is 0 Å². The summed E-state index contributed by atoms with van der Waals surface area (Å²) in [5, 5.41) is 13.8.